The van der Waals surface area contributed by atoms with E-state index in [0.29, 0.717) is 5.56 Å². The molecular formula is C13H12N2O2. The summed E-state index contributed by atoms with van der Waals surface area (Å²) >= 11 is 0. The Kier molecular flexibility index (Phi) is 3.35. The van der Waals surface area contributed by atoms with Gasteiger partial charge in [-0.3, -0.25) is 4.98 Å². The summed E-state index contributed by atoms with van der Waals surface area (Å²) in [6.45, 7) is 0. The van der Waals surface area contributed by atoms with E-state index in [-0.39, 0.29) is 0 Å². The van der Waals surface area contributed by atoms with Crippen molar-refractivity contribution in [1.82, 2.24) is 4.98 Å². The first-order valence-corrected chi connectivity index (χ1v) is 5.21. The minimum Gasteiger partial charge on any atom is -0.479 e. The summed E-state index contributed by atoms with van der Waals surface area (Å²) in [4.78, 5) is 15.1. The van der Waals surface area contributed by atoms with Crippen molar-refractivity contribution in [2.45, 2.75) is 6.04 Å². The van der Waals surface area contributed by atoms with Crippen molar-refractivity contribution in [3.05, 3.63) is 60.4 Å². The predicted molar refractivity (Wildman–Crippen MR) is 64.7 cm³/mol. The lowest BCUT2D eigenvalue weighted by molar-refractivity contribution is -0.138. The average Bonchev–Trinajstić information content (AvgIpc) is 2.38. The van der Waals surface area contributed by atoms with Crippen LogP contribution < -0.4 is 5.32 Å². The fourth-order valence-electron chi connectivity index (χ4n) is 1.54. The van der Waals surface area contributed by atoms with Crippen LogP contribution in [0.1, 0.15) is 11.6 Å². The van der Waals surface area contributed by atoms with E-state index < -0.39 is 12.0 Å². The highest BCUT2D eigenvalue weighted by molar-refractivity contribution is 5.79. The van der Waals surface area contributed by atoms with E-state index in [1.54, 1.807) is 24.5 Å². The Bertz CT molecular complexity index is 485. The molecule has 0 saturated carbocycles. The molecule has 4 nitrogen and oxygen atoms in total. The van der Waals surface area contributed by atoms with Gasteiger partial charge in [0.15, 0.2) is 6.04 Å². The van der Waals surface area contributed by atoms with Gasteiger partial charge in [0.1, 0.15) is 0 Å². The fraction of sp³-hybridized carbons (Fsp3) is 0.0769. The van der Waals surface area contributed by atoms with Crippen LogP contribution in [0.15, 0.2) is 54.9 Å². The zero-order valence-electron chi connectivity index (χ0n) is 9.08. The number of pyridine rings is 1. The number of carboxylic acids is 1. The third-order valence-corrected chi connectivity index (χ3v) is 2.35. The Hall–Kier alpha value is -2.36. The van der Waals surface area contributed by atoms with Crippen LogP contribution in [0.2, 0.25) is 0 Å². The predicted octanol–water partition coefficient (Wildman–Crippen LogP) is 2.32. The number of para-hydroxylation sites is 1. The van der Waals surface area contributed by atoms with E-state index in [1.165, 1.54) is 0 Å². The van der Waals surface area contributed by atoms with E-state index in [4.69, 9.17) is 0 Å². The summed E-state index contributed by atoms with van der Waals surface area (Å²) in [7, 11) is 0. The van der Waals surface area contributed by atoms with Crippen LogP contribution in [-0.2, 0) is 4.79 Å². The molecule has 1 unspecified atom stereocenters. The second-order valence-corrected chi connectivity index (χ2v) is 3.57. The molecule has 2 N–H and O–H groups in total. The number of hydrogen-bond acceptors (Lipinski definition) is 3. The number of carbonyl (C=O) groups is 1. The Morgan fingerprint density at radius 2 is 1.94 bits per heavy atom. The quantitative estimate of drug-likeness (QED) is 0.843. The van der Waals surface area contributed by atoms with Gasteiger partial charge in [-0.15, -0.1) is 0 Å². The van der Waals surface area contributed by atoms with Crippen molar-refractivity contribution in [2.24, 2.45) is 0 Å². The van der Waals surface area contributed by atoms with Gasteiger partial charge in [-0.05, 0) is 18.2 Å². The molecule has 0 aliphatic rings. The molecule has 17 heavy (non-hydrogen) atoms. The highest BCUT2D eigenvalue weighted by Gasteiger charge is 2.19. The molecule has 1 aromatic carbocycles. The number of benzene rings is 1. The van der Waals surface area contributed by atoms with Crippen molar-refractivity contribution >= 4 is 11.7 Å². The number of aromatic nitrogens is 1. The van der Waals surface area contributed by atoms with Gasteiger partial charge in [0.2, 0.25) is 0 Å². The first kappa shape index (κ1) is 11.1. The Morgan fingerprint density at radius 3 is 2.53 bits per heavy atom. The lowest BCUT2D eigenvalue weighted by Gasteiger charge is -2.15. The molecule has 0 radical (unpaired) electrons. The summed E-state index contributed by atoms with van der Waals surface area (Å²) in [5.74, 6) is -0.929. The maximum absolute atomic E-state index is 11.2. The van der Waals surface area contributed by atoms with Gasteiger partial charge in [-0.2, -0.15) is 0 Å². The van der Waals surface area contributed by atoms with Gasteiger partial charge in [0, 0.05) is 23.6 Å². The molecule has 4 heteroatoms. The zero-order valence-corrected chi connectivity index (χ0v) is 9.08. The van der Waals surface area contributed by atoms with E-state index >= 15 is 0 Å². The molecule has 0 fully saturated rings. The van der Waals surface area contributed by atoms with Gasteiger partial charge >= 0.3 is 5.97 Å². The summed E-state index contributed by atoms with van der Waals surface area (Å²) < 4.78 is 0. The molecule has 0 spiro atoms. The molecule has 86 valence electrons. The monoisotopic (exact) mass is 228 g/mol. The third-order valence-electron chi connectivity index (χ3n) is 2.35. The van der Waals surface area contributed by atoms with Gasteiger partial charge in [0.25, 0.3) is 0 Å². The standard InChI is InChI=1S/C13H12N2O2/c16-13(17)12(10-5-4-8-14-9-10)15-11-6-2-1-3-7-11/h1-9,12,15H,(H,16,17). The molecule has 2 rings (SSSR count). The number of nitrogens with zero attached hydrogens (tertiary/aromatic N) is 1. The molecule has 0 saturated heterocycles. The van der Waals surface area contributed by atoms with E-state index in [1.807, 2.05) is 30.3 Å². The number of aliphatic carboxylic acids is 1. The van der Waals surface area contributed by atoms with Crippen LogP contribution in [0.25, 0.3) is 0 Å². The molecule has 0 aliphatic heterocycles. The zero-order chi connectivity index (χ0) is 12.1. The molecule has 1 atom stereocenters. The summed E-state index contributed by atoms with van der Waals surface area (Å²) in [6, 6.07) is 11.9. The number of anilines is 1. The van der Waals surface area contributed by atoms with Gasteiger partial charge in [0.05, 0.1) is 0 Å². The van der Waals surface area contributed by atoms with Crippen LogP contribution in [0.5, 0.6) is 0 Å². The Morgan fingerprint density at radius 1 is 1.18 bits per heavy atom. The maximum atomic E-state index is 11.2. The van der Waals surface area contributed by atoms with Crippen molar-refractivity contribution in [3.8, 4) is 0 Å². The molecule has 2 aromatic rings. The van der Waals surface area contributed by atoms with Crippen molar-refractivity contribution in [3.63, 3.8) is 0 Å². The topological polar surface area (TPSA) is 62.2 Å². The summed E-state index contributed by atoms with van der Waals surface area (Å²) in [5.41, 5.74) is 1.40. The molecule has 1 heterocycles. The first-order valence-electron chi connectivity index (χ1n) is 5.21. The smallest absolute Gasteiger partial charge is 0.330 e. The number of nitrogens with one attached hydrogen (secondary N) is 1. The van der Waals surface area contributed by atoms with Crippen molar-refractivity contribution in [1.29, 1.82) is 0 Å². The molecule has 0 bridgehead atoms. The molecule has 0 aliphatic carbocycles. The lowest BCUT2D eigenvalue weighted by Crippen LogP contribution is -2.20. The van der Waals surface area contributed by atoms with Crippen LogP contribution in [0.3, 0.4) is 0 Å². The van der Waals surface area contributed by atoms with E-state index in [2.05, 4.69) is 10.3 Å². The fourth-order valence-corrected chi connectivity index (χ4v) is 1.54. The normalized spacial score (nSPS) is 11.8. The first-order chi connectivity index (χ1) is 8.27. The maximum Gasteiger partial charge on any atom is 0.330 e. The van der Waals surface area contributed by atoms with Crippen LogP contribution >= 0.6 is 0 Å². The van der Waals surface area contributed by atoms with Crippen LogP contribution in [-0.4, -0.2) is 16.1 Å². The SMILES string of the molecule is O=C(O)C(Nc1ccccc1)c1cccnc1. The van der Waals surface area contributed by atoms with Crippen molar-refractivity contribution < 1.29 is 9.90 Å². The average molecular weight is 228 g/mol. The summed E-state index contributed by atoms with van der Waals surface area (Å²) in [5, 5.41) is 12.2. The highest BCUT2D eigenvalue weighted by atomic mass is 16.4. The summed E-state index contributed by atoms with van der Waals surface area (Å²) in [6.07, 6.45) is 3.17. The molecule has 1 aromatic heterocycles. The minimum atomic E-state index is -0.929. The molecular weight excluding hydrogens is 216 g/mol. The Labute approximate surface area is 98.9 Å². The number of carboxylic acid groups (broad SMARTS) is 1. The lowest BCUT2D eigenvalue weighted by atomic mass is 10.1. The third kappa shape index (κ3) is 2.81. The number of rotatable bonds is 4. The largest absolute Gasteiger partial charge is 0.479 e. The molecule has 0 amide bonds. The Balaban J connectivity index is 2.23. The van der Waals surface area contributed by atoms with Crippen LogP contribution in [0, 0.1) is 0 Å². The van der Waals surface area contributed by atoms with Gasteiger partial charge < -0.3 is 10.4 Å². The van der Waals surface area contributed by atoms with E-state index in [9.17, 15) is 9.90 Å². The minimum absolute atomic E-state index is 0.629. The van der Waals surface area contributed by atoms with Gasteiger partial charge in [-0.25, -0.2) is 4.79 Å². The van der Waals surface area contributed by atoms with Crippen LogP contribution in [0.4, 0.5) is 5.69 Å². The highest BCUT2D eigenvalue weighted by Crippen LogP contribution is 2.18. The van der Waals surface area contributed by atoms with Gasteiger partial charge in [-0.1, -0.05) is 24.3 Å². The second-order valence-electron chi connectivity index (χ2n) is 3.57. The number of hydrogen-bond donors (Lipinski definition) is 2. The van der Waals surface area contributed by atoms with Crippen molar-refractivity contribution in [2.75, 3.05) is 5.32 Å². The van der Waals surface area contributed by atoms with E-state index in [0.717, 1.165) is 5.69 Å². The second kappa shape index (κ2) is 5.12.